The lowest BCUT2D eigenvalue weighted by Crippen LogP contribution is -2.47. The number of carboxylic acids is 1. The number of alkyl halides is 3. The maximum Gasteiger partial charge on any atom is 0.416 e. The average Bonchev–Trinajstić information content (AvgIpc) is 3.30. The molecule has 2 aromatic carbocycles. The van der Waals surface area contributed by atoms with Gasteiger partial charge in [0.2, 0.25) is 11.8 Å². The van der Waals surface area contributed by atoms with Gasteiger partial charge in [-0.05, 0) is 36.6 Å². The average molecular weight is 550 g/mol. The number of aromatic nitrogens is 2. The van der Waals surface area contributed by atoms with E-state index in [2.05, 4.69) is 10.4 Å². The van der Waals surface area contributed by atoms with Crippen LogP contribution in [0.3, 0.4) is 0 Å². The molecule has 0 saturated heterocycles. The van der Waals surface area contributed by atoms with Crippen molar-refractivity contribution >= 4 is 11.9 Å². The molecular formula is C27H27F4N3O5. The number of ether oxygens (including phenoxy) is 2. The van der Waals surface area contributed by atoms with Gasteiger partial charge in [0.15, 0.2) is 5.69 Å². The Balaban J connectivity index is 1.42. The fraction of sp³-hybridized carbons (Fsp3) is 0.370. The van der Waals surface area contributed by atoms with Crippen LogP contribution >= 0.6 is 0 Å². The van der Waals surface area contributed by atoms with E-state index in [9.17, 15) is 32.3 Å². The SMILES string of the molecule is O=C(Cn1nc(C(=O)O)cc1OCc1cc(C(F)(F)F)ccc1F)N[C@H]1CCCC[C@@H]1OCc1ccccc1. The van der Waals surface area contributed by atoms with Crippen molar-refractivity contribution in [2.45, 2.75) is 63.8 Å². The predicted octanol–water partition coefficient (Wildman–Crippen LogP) is 4.96. The van der Waals surface area contributed by atoms with Gasteiger partial charge >= 0.3 is 12.1 Å². The molecule has 0 unspecified atom stereocenters. The van der Waals surface area contributed by atoms with Crippen LogP contribution in [-0.2, 0) is 35.5 Å². The van der Waals surface area contributed by atoms with Crippen molar-refractivity contribution in [3.63, 3.8) is 0 Å². The molecule has 1 aliphatic rings. The summed E-state index contributed by atoms with van der Waals surface area (Å²) in [5.41, 5.74) is -0.883. The maximum atomic E-state index is 14.1. The summed E-state index contributed by atoms with van der Waals surface area (Å²) >= 11 is 0. The zero-order chi connectivity index (χ0) is 28.0. The molecular weight excluding hydrogens is 522 g/mol. The van der Waals surface area contributed by atoms with Crippen LogP contribution in [0, 0.1) is 5.82 Å². The second kappa shape index (κ2) is 12.3. The van der Waals surface area contributed by atoms with Gasteiger partial charge in [-0.2, -0.15) is 18.3 Å². The van der Waals surface area contributed by atoms with Crippen LogP contribution in [0.25, 0.3) is 0 Å². The Hall–Kier alpha value is -3.93. The highest BCUT2D eigenvalue weighted by atomic mass is 19.4. The smallest absolute Gasteiger partial charge is 0.416 e. The molecule has 0 spiro atoms. The molecule has 1 amide bonds. The Bertz CT molecular complexity index is 1300. The maximum absolute atomic E-state index is 14.1. The second-order valence-electron chi connectivity index (χ2n) is 9.22. The number of hydrogen-bond donors (Lipinski definition) is 2. The molecule has 1 saturated carbocycles. The number of rotatable bonds is 10. The summed E-state index contributed by atoms with van der Waals surface area (Å²) in [5, 5.41) is 16.1. The molecule has 0 bridgehead atoms. The third-order valence-corrected chi connectivity index (χ3v) is 6.36. The van der Waals surface area contributed by atoms with Crippen molar-refractivity contribution in [3.8, 4) is 5.88 Å². The number of carboxylic acid groups (broad SMARTS) is 1. The van der Waals surface area contributed by atoms with E-state index < -0.39 is 48.3 Å². The lowest BCUT2D eigenvalue weighted by atomic mass is 9.92. The van der Waals surface area contributed by atoms with E-state index in [1.807, 2.05) is 30.3 Å². The van der Waals surface area contributed by atoms with Gasteiger partial charge in [0, 0.05) is 11.6 Å². The molecule has 3 aromatic rings. The van der Waals surface area contributed by atoms with Crippen molar-refractivity contribution in [2.75, 3.05) is 0 Å². The van der Waals surface area contributed by atoms with Crippen LogP contribution in [0.2, 0.25) is 0 Å². The van der Waals surface area contributed by atoms with E-state index in [-0.39, 0.29) is 23.6 Å². The van der Waals surface area contributed by atoms with E-state index in [4.69, 9.17) is 9.47 Å². The van der Waals surface area contributed by atoms with E-state index in [1.165, 1.54) is 0 Å². The molecule has 208 valence electrons. The summed E-state index contributed by atoms with van der Waals surface area (Å²) in [6.07, 6.45) is -1.58. The molecule has 1 fully saturated rings. The van der Waals surface area contributed by atoms with Crippen LogP contribution in [0.4, 0.5) is 17.6 Å². The van der Waals surface area contributed by atoms with Crippen LogP contribution in [0.5, 0.6) is 5.88 Å². The number of nitrogens with one attached hydrogen (secondary N) is 1. The Morgan fingerprint density at radius 3 is 2.51 bits per heavy atom. The van der Waals surface area contributed by atoms with Gasteiger partial charge in [-0.25, -0.2) is 13.9 Å². The largest absolute Gasteiger partial charge is 0.476 e. The Labute approximate surface area is 221 Å². The van der Waals surface area contributed by atoms with Crippen LogP contribution in [0.15, 0.2) is 54.6 Å². The number of aromatic carboxylic acids is 1. The Morgan fingerprint density at radius 1 is 1.05 bits per heavy atom. The minimum absolute atomic E-state index is 0.208. The fourth-order valence-corrected chi connectivity index (χ4v) is 4.37. The summed E-state index contributed by atoms with van der Waals surface area (Å²) < 4.78 is 65.7. The van der Waals surface area contributed by atoms with Gasteiger partial charge in [-0.3, -0.25) is 4.79 Å². The highest BCUT2D eigenvalue weighted by molar-refractivity contribution is 5.85. The van der Waals surface area contributed by atoms with Crippen molar-refractivity contribution in [3.05, 3.63) is 82.8 Å². The first kappa shape index (κ1) is 28.1. The number of carbonyl (C=O) groups is 2. The first-order valence-electron chi connectivity index (χ1n) is 12.3. The molecule has 2 atom stereocenters. The van der Waals surface area contributed by atoms with Crippen molar-refractivity contribution in [2.24, 2.45) is 0 Å². The molecule has 4 rings (SSSR count). The van der Waals surface area contributed by atoms with Crippen LogP contribution in [-0.4, -0.2) is 38.9 Å². The van der Waals surface area contributed by atoms with Gasteiger partial charge in [0.05, 0.1) is 24.3 Å². The number of benzene rings is 2. The van der Waals surface area contributed by atoms with Gasteiger partial charge in [0.1, 0.15) is 19.0 Å². The number of nitrogens with zero attached hydrogens (tertiary/aromatic N) is 2. The van der Waals surface area contributed by atoms with E-state index in [0.717, 1.165) is 35.6 Å². The summed E-state index contributed by atoms with van der Waals surface area (Å²) in [7, 11) is 0. The summed E-state index contributed by atoms with van der Waals surface area (Å²) in [6, 6.07) is 12.3. The molecule has 8 nitrogen and oxygen atoms in total. The quantitative estimate of drug-likeness (QED) is 0.347. The lowest BCUT2D eigenvalue weighted by Gasteiger charge is -2.32. The first-order chi connectivity index (χ1) is 18.6. The summed E-state index contributed by atoms with van der Waals surface area (Å²) in [5.74, 6) is -3.01. The highest BCUT2D eigenvalue weighted by Crippen LogP contribution is 2.31. The summed E-state index contributed by atoms with van der Waals surface area (Å²) in [4.78, 5) is 24.4. The second-order valence-corrected chi connectivity index (χ2v) is 9.22. The Morgan fingerprint density at radius 2 is 1.79 bits per heavy atom. The standard InChI is InChI=1S/C27H27F4N3O5/c28-20-11-10-19(27(29,30)31)12-18(20)16-39-25-13-22(26(36)37)33-34(25)14-24(35)32-21-8-4-5-9-23(21)38-15-17-6-2-1-3-7-17/h1-3,6-7,10-13,21,23H,4-5,8-9,14-16H2,(H,32,35)(H,36,37)/t21-,23-/m0/s1. The lowest BCUT2D eigenvalue weighted by molar-refractivity contribution is -0.137. The van der Waals surface area contributed by atoms with Crippen molar-refractivity contribution < 1.29 is 41.7 Å². The Kier molecular flexibility index (Phi) is 8.85. The molecule has 12 heteroatoms. The number of carbonyl (C=O) groups excluding carboxylic acids is 1. The molecule has 2 N–H and O–H groups in total. The molecule has 1 heterocycles. The van der Waals surface area contributed by atoms with Gasteiger partial charge in [-0.1, -0.05) is 43.2 Å². The third-order valence-electron chi connectivity index (χ3n) is 6.36. The summed E-state index contributed by atoms with van der Waals surface area (Å²) in [6.45, 7) is -0.668. The topological polar surface area (TPSA) is 103 Å². The monoisotopic (exact) mass is 549 g/mol. The van der Waals surface area contributed by atoms with Gasteiger partial charge < -0.3 is 19.9 Å². The minimum atomic E-state index is -4.68. The zero-order valence-corrected chi connectivity index (χ0v) is 20.8. The van der Waals surface area contributed by atoms with Crippen molar-refractivity contribution in [1.29, 1.82) is 0 Å². The minimum Gasteiger partial charge on any atom is -0.476 e. The number of halogens is 4. The third kappa shape index (κ3) is 7.56. The number of hydrogen-bond acceptors (Lipinski definition) is 5. The van der Waals surface area contributed by atoms with Crippen LogP contribution < -0.4 is 10.1 Å². The van der Waals surface area contributed by atoms with Crippen molar-refractivity contribution in [1.82, 2.24) is 15.1 Å². The molecule has 39 heavy (non-hydrogen) atoms. The molecule has 0 radical (unpaired) electrons. The molecule has 1 aliphatic carbocycles. The van der Waals surface area contributed by atoms with Gasteiger partial charge in [0.25, 0.3) is 0 Å². The van der Waals surface area contributed by atoms with E-state index in [0.29, 0.717) is 31.2 Å². The number of amides is 1. The predicted molar refractivity (Wildman–Crippen MR) is 130 cm³/mol. The first-order valence-corrected chi connectivity index (χ1v) is 12.3. The fourth-order valence-electron chi connectivity index (χ4n) is 4.37. The highest BCUT2D eigenvalue weighted by Gasteiger charge is 2.31. The molecule has 1 aromatic heterocycles. The van der Waals surface area contributed by atoms with E-state index in [1.54, 1.807) is 0 Å². The van der Waals surface area contributed by atoms with Gasteiger partial charge in [-0.15, -0.1) is 0 Å². The molecule has 0 aliphatic heterocycles. The zero-order valence-electron chi connectivity index (χ0n) is 20.8. The van der Waals surface area contributed by atoms with Crippen LogP contribution in [0.1, 0.15) is 52.9 Å². The van der Waals surface area contributed by atoms with E-state index >= 15 is 0 Å². The normalized spacial score (nSPS) is 17.5.